The molecule has 0 saturated heterocycles. The van der Waals surface area contributed by atoms with Crippen LogP contribution in [0.2, 0.25) is 0 Å². The van der Waals surface area contributed by atoms with Crippen LogP contribution in [0, 0.1) is 0 Å². The second-order valence-corrected chi connectivity index (χ2v) is 4.35. The number of ether oxygens (including phenoxy) is 2. The zero-order valence-electron chi connectivity index (χ0n) is 11.1. The molecule has 1 aromatic carbocycles. The van der Waals surface area contributed by atoms with Gasteiger partial charge in [-0.2, -0.15) is 0 Å². The maximum absolute atomic E-state index is 11.6. The lowest BCUT2D eigenvalue weighted by Gasteiger charge is -2.04. The molecule has 0 spiro atoms. The molecule has 1 aromatic rings. The molecule has 1 amide bonds. The molecule has 0 atom stereocenters. The molecule has 0 unspecified atom stereocenters. The second kappa shape index (κ2) is 6.81. The molecule has 6 heteroatoms. The Bertz CT molecular complexity index is 514. The van der Waals surface area contributed by atoms with Crippen LogP contribution in [-0.2, 0) is 4.79 Å². The summed E-state index contributed by atoms with van der Waals surface area (Å²) in [6.07, 6.45) is 4.60. The molecule has 108 valence electrons. The summed E-state index contributed by atoms with van der Waals surface area (Å²) in [7, 11) is 0. The number of rotatable bonds is 6. The first kappa shape index (κ1) is 14.2. The molecule has 1 aliphatic heterocycles. The molecule has 0 saturated carbocycles. The highest BCUT2D eigenvalue weighted by molar-refractivity contribution is 5.92. The van der Waals surface area contributed by atoms with Crippen LogP contribution in [0.4, 0.5) is 0 Å². The number of hydrogen-bond acceptors (Lipinski definition) is 5. The van der Waals surface area contributed by atoms with Crippen LogP contribution in [0.1, 0.15) is 18.4 Å². The van der Waals surface area contributed by atoms with Gasteiger partial charge >= 0.3 is 0 Å². The summed E-state index contributed by atoms with van der Waals surface area (Å²) in [5, 5.41) is 12.5. The van der Waals surface area contributed by atoms with Gasteiger partial charge in [0.15, 0.2) is 11.5 Å². The molecule has 4 N–H and O–H groups in total. The monoisotopic (exact) mass is 278 g/mol. The minimum atomic E-state index is -0.224. The van der Waals surface area contributed by atoms with Crippen LogP contribution in [0.3, 0.4) is 0 Å². The van der Waals surface area contributed by atoms with Gasteiger partial charge in [-0.15, -0.1) is 0 Å². The molecule has 0 fully saturated rings. The van der Waals surface area contributed by atoms with Gasteiger partial charge < -0.3 is 25.6 Å². The van der Waals surface area contributed by atoms with Gasteiger partial charge in [-0.1, -0.05) is 0 Å². The Morgan fingerprint density at radius 2 is 2.25 bits per heavy atom. The largest absolute Gasteiger partial charge is 0.507 e. The Kier molecular flexibility index (Phi) is 4.84. The number of aromatic hydroxyl groups is 1. The Morgan fingerprint density at radius 1 is 1.40 bits per heavy atom. The first-order chi connectivity index (χ1) is 9.72. The molecule has 0 radical (unpaired) electrons. The summed E-state index contributed by atoms with van der Waals surface area (Å²) in [6.45, 7) is 1.32. The SMILES string of the molecule is NCCCCNC(=O)/C=C/c1c(O)ccc2c1OCO2. The number of amides is 1. The van der Waals surface area contributed by atoms with Gasteiger partial charge in [-0.25, -0.2) is 0 Å². The molecule has 1 aliphatic rings. The van der Waals surface area contributed by atoms with Crippen LogP contribution in [0.15, 0.2) is 18.2 Å². The van der Waals surface area contributed by atoms with Gasteiger partial charge in [0.1, 0.15) is 5.75 Å². The highest BCUT2D eigenvalue weighted by Crippen LogP contribution is 2.40. The topological polar surface area (TPSA) is 93.8 Å². The van der Waals surface area contributed by atoms with Gasteiger partial charge in [0.05, 0.1) is 5.56 Å². The van der Waals surface area contributed by atoms with Crippen molar-refractivity contribution in [3.05, 3.63) is 23.8 Å². The number of unbranched alkanes of at least 4 members (excludes halogenated alkanes) is 1. The average molecular weight is 278 g/mol. The van der Waals surface area contributed by atoms with Gasteiger partial charge in [-0.05, 0) is 37.6 Å². The van der Waals surface area contributed by atoms with Crippen LogP contribution < -0.4 is 20.5 Å². The Labute approximate surface area is 117 Å². The minimum absolute atomic E-state index is 0.0430. The van der Waals surface area contributed by atoms with Crippen LogP contribution in [0.5, 0.6) is 17.2 Å². The first-order valence-corrected chi connectivity index (χ1v) is 6.50. The van der Waals surface area contributed by atoms with Crippen molar-refractivity contribution in [3.8, 4) is 17.2 Å². The molecule has 0 bridgehead atoms. The fraction of sp³-hybridized carbons (Fsp3) is 0.357. The van der Waals surface area contributed by atoms with Gasteiger partial charge in [0.2, 0.25) is 12.7 Å². The molecular formula is C14H18N2O4. The zero-order valence-corrected chi connectivity index (χ0v) is 11.1. The third kappa shape index (κ3) is 3.42. The van der Waals surface area contributed by atoms with Crippen molar-refractivity contribution in [1.29, 1.82) is 0 Å². The first-order valence-electron chi connectivity index (χ1n) is 6.50. The lowest BCUT2D eigenvalue weighted by molar-refractivity contribution is -0.116. The van der Waals surface area contributed by atoms with E-state index in [1.165, 1.54) is 18.2 Å². The smallest absolute Gasteiger partial charge is 0.244 e. The van der Waals surface area contributed by atoms with Crippen LogP contribution in [-0.4, -0.2) is 30.9 Å². The van der Waals surface area contributed by atoms with E-state index < -0.39 is 0 Å². The summed E-state index contributed by atoms with van der Waals surface area (Å²) in [4.78, 5) is 11.6. The summed E-state index contributed by atoms with van der Waals surface area (Å²) < 4.78 is 10.5. The quantitative estimate of drug-likeness (QED) is 0.533. The lowest BCUT2D eigenvalue weighted by Crippen LogP contribution is -2.22. The average Bonchev–Trinajstić information content (AvgIpc) is 2.91. The molecule has 6 nitrogen and oxygen atoms in total. The van der Waals surface area contributed by atoms with Crippen molar-refractivity contribution in [3.63, 3.8) is 0 Å². The number of benzene rings is 1. The Balaban J connectivity index is 1.98. The van der Waals surface area contributed by atoms with Crippen molar-refractivity contribution < 1.29 is 19.4 Å². The predicted molar refractivity (Wildman–Crippen MR) is 74.6 cm³/mol. The lowest BCUT2D eigenvalue weighted by atomic mass is 10.1. The fourth-order valence-electron chi connectivity index (χ4n) is 1.84. The molecule has 0 aromatic heterocycles. The number of phenols is 1. The number of nitrogens with one attached hydrogen (secondary N) is 1. The Hall–Kier alpha value is -2.21. The van der Waals surface area contributed by atoms with Gasteiger partial charge in [0.25, 0.3) is 0 Å². The highest BCUT2D eigenvalue weighted by atomic mass is 16.7. The second-order valence-electron chi connectivity index (χ2n) is 4.35. The van der Waals surface area contributed by atoms with E-state index in [-0.39, 0.29) is 18.4 Å². The number of carbonyl (C=O) groups is 1. The minimum Gasteiger partial charge on any atom is -0.507 e. The van der Waals surface area contributed by atoms with Crippen molar-refractivity contribution in [1.82, 2.24) is 5.32 Å². The summed E-state index contributed by atoms with van der Waals surface area (Å²) in [6, 6.07) is 3.13. The summed E-state index contributed by atoms with van der Waals surface area (Å²) in [5.74, 6) is 0.836. The Morgan fingerprint density at radius 3 is 3.05 bits per heavy atom. The maximum atomic E-state index is 11.6. The molecule has 0 aliphatic carbocycles. The van der Waals surface area contributed by atoms with Crippen molar-refractivity contribution in [2.24, 2.45) is 5.73 Å². The van der Waals surface area contributed by atoms with E-state index in [1.54, 1.807) is 6.07 Å². The molecular weight excluding hydrogens is 260 g/mol. The standard InChI is InChI=1S/C14H18N2O4/c15-7-1-2-8-16-13(18)6-3-10-11(17)4-5-12-14(10)20-9-19-12/h3-6,17H,1-2,7-9,15H2,(H,16,18)/b6-3+. The number of carbonyl (C=O) groups excluding carboxylic acids is 1. The molecule has 2 rings (SSSR count). The fourth-order valence-corrected chi connectivity index (χ4v) is 1.84. The van der Waals surface area contributed by atoms with E-state index in [4.69, 9.17) is 15.2 Å². The van der Waals surface area contributed by atoms with E-state index in [1.807, 2.05) is 0 Å². The summed E-state index contributed by atoms with van der Waals surface area (Å²) in [5.41, 5.74) is 5.81. The van der Waals surface area contributed by atoms with E-state index in [2.05, 4.69) is 5.32 Å². The molecule has 20 heavy (non-hydrogen) atoms. The molecule has 1 heterocycles. The van der Waals surface area contributed by atoms with Crippen molar-refractivity contribution in [2.75, 3.05) is 19.9 Å². The van der Waals surface area contributed by atoms with E-state index in [0.29, 0.717) is 30.2 Å². The predicted octanol–water partition coefficient (Wildman–Crippen LogP) is 0.989. The number of fused-ring (bicyclic) bond motifs is 1. The van der Waals surface area contributed by atoms with Crippen molar-refractivity contribution in [2.45, 2.75) is 12.8 Å². The highest BCUT2D eigenvalue weighted by Gasteiger charge is 2.19. The maximum Gasteiger partial charge on any atom is 0.244 e. The van der Waals surface area contributed by atoms with Gasteiger partial charge in [-0.3, -0.25) is 4.79 Å². The van der Waals surface area contributed by atoms with Crippen molar-refractivity contribution >= 4 is 12.0 Å². The third-order valence-corrected chi connectivity index (χ3v) is 2.89. The number of phenolic OH excluding ortho intramolecular Hbond substituents is 1. The van der Waals surface area contributed by atoms with Crippen LogP contribution in [0.25, 0.3) is 6.08 Å². The van der Waals surface area contributed by atoms with E-state index in [0.717, 1.165) is 12.8 Å². The number of hydrogen-bond donors (Lipinski definition) is 3. The van der Waals surface area contributed by atoms with Crippen LogP contribution >= 0.6 is 0 Å². The summed E-state index contributed by atoms with van der Waals surface area (Å²) >= 11 is 0. The number of nitrogens with two attached hydrogens (primary N) is 1. The normalized spacial score (nSPS) is 12.8. The van der Waals surface area contributed by atoms with Gasteiger partial charge in [0, 0.05) is 12.6 Å². The van der Waals surface area contributed by atoms with E-state index >= 15 is 0 Å². The third-order valence-electron chi connectivity index (χ3n) is 2.89. The van der Waals surface area contributed by atoms with E-state index in [9.17, 15) is 9.90 Å². The zero-order chi connectivity index (χ0) is 14.4.